The van der Waals surface area contributed by atoms with Gasteiger partial charge in [-0.25, -0.2) is 4.79 Å². The van der Waals surface area contributed by atoms with Crippen LogP contribution in [0, 0.1) is 5.92 Å². The predicted octanol–water partition coefficient (Wildman–Crippen LogP) is 3.15. The van der Waals surface area contributed by atoms with Gasteiger partial charge in [-0.3, -0.25) is 0 Å². The summed E-state index contributed by atoms with van der Waals surface area (Å²) in [5.74, 6) is 0.736. The van der Waals surface area contributed by atoms with Crippen molar-refractivity contribution in [1.29, 1.82) is 0 Å². The number of likely N-dealkylation sites (tertiary alicyclic amines) is 1. The monoisotopic (exact) mass is 238 g/mol. The minimum Gasteiger partial charge on any atom is -0.338 e. The number of carbonyl (C=O) groups excluding carboxylic acids is 1. The molecule has 1 saturated carbocycles. The number of hydrogen-bond donors (Lipinski definition) is 1. The largest absolute Gasteiger partial charge is 0.338 e. The fraction of sp³-hybridized carbons (Fsp3) is 0.929. The lowest BCUT2D eigenvalue weighted by atomic mass is 9.89. The summed E-state index contributed by atoms with van der Waals surface area (Å²) >= 11 is 0. The molecule has 0 unspecified atom stereocenters. The summed E-state index contributed by atoms with van der Waals surface area (Å²) in [5.41, 5.74) is 0. The average Bonchev–Trinajstić information content (AvgIpc) is 2.66. The Bertz CT molecular complexity index is 228. The molecule has 2 rings (SSSR count). The molecule has 0 aromatic carbocycles. The lowest BCUT2D eigenvalue weighted by Gasteiger charge is -2.25. The van der Waals surface area contributed by atoms with Gasteiger partial charge in [-0.05, 0) is 31.6 Å². The van der Waals surface area contributed by atoms with Crippen molar-refractivity contribution in [1.82, 2.24) is 10.2 Å². The molecule has 2 aliphatic rings. The quantitative estimate of drug-likeness (QED) is 0.787. The fourth-order valence-electron chi connectivity index (χ4n) is 3.01. The summed E-state index contributed by atoms with van der Waals surface area (Å²) in [6.45, 7) is 2.81. The van der Waals surface area contributed by atoms with E-state index in [1.165, 1.54) is 57.8 Å². The highest BCUT2D eigenvalue weighted by Gasteiger charge is 2.18. The van der Waals surface area contributed by atoms with E-state index in [0.29, 0.717) is 0 Å². The van der Waals surface area contributed by atoms with Gasteiger partial charge in [-0.2, -0.15) is 0 Å². The Hall–Kier alpha value is -0.730. The van der Waals surface area contributed by atoms with Crippen molar-refractivity contribution < 1.29 is 4.79 Å². The molecule has 1 saturated heterocycles. The average molecular weight is 238 g/mol. The molecule has 0 bridgehead atoms. The van der Waals surface area contributed by atoms with E-state index in [-0.39, 0.29) is 6.03 Å². The van der Waals surface area contributed by atoms with Crippen LogP contribution in [0.1, 0.15) is 57.8 Å². The predicted molar refractivity (Wildman–Crippen MR) is 70.0 cm³/mol. The molecule has 0 aromatic rings. The second-order valence-electron chi connectivity index (χ2n) is 5.59. The SMILES string of the molecule is O=C(NCC1CCCCC1)N1CCCCCC1. The summed E-state index contributed by atoms with van der Waals surface area (Å²) in [7, 11) is 0. The van der Waals surface area contributed by atoms with Crippen LogP contribution in [-0.2, 0) is 0 Å². The maximum atomic E-state index is 12.0. The van der Waals surface area contributed by atoms with E-state index in [4.69, 9.17) is 0 Å². The van der Waals surface area contributed by atoms with Gasteiger partial charge in [0.15, 0.2) is 0 Å². The van der Waals surface area contributed by atoms with E-state index in [0.717, 1.165) is 25.6 Å². The molecule has 0 radical (unpaired) electrons. The van der Waals surface area contributed by atoms with Gasteiger partial charge in [-0.1, -0.05) is 32.1 Å². The molecule has 0 aromatic heterocycles. The fourth-order valence-corrected chi connectivity index (χ4v) is 3.01. The number of urea groups is 1. The van der Waals surface area contributed by atoms with Crippen LogP contribution in [0.2, 0.25) is 0 Å². The molecule has 1 heterocycles. The first-order valence-corrected chi connectivity index (χ1v) is 7.39. The summed E-state index contributed by atoms with van der Waals surface area (Å²) in [6, 6.07) is 0.178. The van der Waals surface area contributed by atoms with Crippen LogP contribution < -0.4 is 5.32 Å². The highest BCUT2D eigenvalue weighted by Crippen LogP contribution is 2.22. The van der Waals surface area contributed by atoms with E-state index >= 15 is 0 Å². The Kier molecular flexibility index (Phi) is 5.14. The summed E-state index contributed by atoms with van der Waals surface area (Å²) in [4.78, 5) is 14.0. The molecular formula is C14H26N2O. The number of amides is 2. The van der Waals surface area contributed by atoms with Crippen molar-refractivity contribution in [2.75, 3.05) is 19.6 Å². The normalized spacial score (nSPS) is 23.2. The van der Waals surface area contributed by atoms with Crippen molar-refractivity contribution >= 4 is 6.03 Å². The zero-order chi connectivity index (χ0) is 11.9. The van der Waals surface area contributed by atoms with Gasteiger partial charge in [0.2, 0.25) is 0 Å². The van der Waals surface area contributed by atoms with E-state index in [9.17, 15) is 4.79 Å². The van der Waals surface area contributed by atoms with Crippen LogP contribution in [0.5, 0.6) is 0 Å². The molecular weight excluding hydrogens is 212 g/mol. The molecule has 3 heteroatoms. The van der Waals surface area contributed by atoms with Crippen LogP contribution in [0.15, 0.2) is 0 Å². The smallest absolute Gasteiger partial charge is 0.317 e. The van der Waals surface area contributed by atoms with Gasteiger partial charge in [0, 0.05) is 19.6 Å². The van der Waals surface area contributed by atoms with Crippen LogP contribution in [-0.4, -0.2) is 30.6 Å². The van der Waals surface area contributed by atoms with E-state index in [1.807, 2.05) is 4.90 Å². The second-order valence-corrected chi connectivity index (χ2v) is 5.59. The number of nitrogens with one attached hydrogen (secondary N) is 1. The summed E-state index contributed by atoms with van der Waals surface area (Å²) in [6.07, 6.45) is 11.6. The molecule has 1 N–H and O–H groups in total. The Balaban J connectivity index is 1.68. The first kappa shape index (κ1) is 12.7. The van der Waals surface area contributed by atoms with E-state index in [2.05, 4.69) is 5.32 Å². The zero-order valence-electron chi connectivity index (χ0n) is 10.9. The molecule has 1 aliphatic carbocycles. The Labute approximate surface area is 105 Å². The van der Waals surface area contributed by atoms with Crippen molar-refractivity contribution in [2.45, 2.75) is 57.8 Å². The highest BCUT2D eigenvalue weighted by molar-refractivity contribution is 5.74. The van der Waals surface area contributed by atoms with Gasteiger partial charge in [0.25, 0.3) is 0 Å². The first-order valence-electron chi connectivity index (χ1n) is 7.39. The molecule has 1 aliphatic heterocycles. The standard InChI is InChI=1S/C14H26N2O/c17-14(16-10-6-1-2-7-11-16)15-12-13-8-4-3-5-9-13/h13H,1-12H2,(H,15,17). The van der Waals surface area contributed by atoms with Crippen LogP contribution in [0.25, 0.3) is 0 Å². The Morgan fingerprint density at radius 2 is 1.53 bits per heavy atom. The number of rotatable bonds is 2. The molecule has 3 nitrogen and oxygen atoms in total. The number of hydrogen-bond acceptors (Lipinski definition) is 1. The maximum absolute atomic E-state index is 12.0. The topological polar surface area (TPSA) is 32.3 Å². The van der Waals surface area contributed by atoms with Crippen LogP contribution in [0.4, 0.5) is 4.79 Å². The van der Waals surface area contributed by atoms with Gasteiger partial charge in [0.05, 0.1) is 0 Å². The summed E-state index contributed by atoms with van der Waals surface area (Å²) < 4.78 is 0. The Morgan fingerprint density at radius 3 is 2.18 bits per heavy atom. The second kappa shape index (κ2) is 6.87. The number of nitrogens with zero attached hydrogens (tertiary/aromatic N) is 1. The van der Waals surface area contributed by atoms with Gasteiger partial charge >= 0.3 is 6.03 Å². The van der Waals surface area contributed by atoms with Crippen molar-refractivity contribution in [2.24, 2.45) is 5.92 Å². The third-order valence-electron chi connectivity index (χ3n) is 4.16. The lowest BCUT2D eigenvalue weighted by Crippen LogP contribution is -2.42. The highest BCUT2D eigenvalue weighted by atomic mass is 16.2. The molecule has 98 valence electrons. The third-order valence-corrected chi connectivity index (χ3v) is 4.16. The maximum Gasteiger partial charge on any atom is 0.317 e. The van der Waals surface area contributed by atoms with E-state index < -0.39 is 0 Å². The molecule has 2 fully saturated rings. The minimum absolute atomic E-state index is 0.178. The van der Waals surface area contributed by atoms with Crippen LogP contribution >= 0.6 is 0 Å². The molecule has 0 spiro atoms. The van der Waals surface area contributed by atoms with Crippen molar-refractivity contribution in [3.63, 3.8) is 0 Å². The van der Waals surface area contributed by atoms with Gasteiger partial charge in [-0.15, -0.1) is 0 Å². The van der Waals surface area contributed by atoms with Crippen LogP contribution in [0.3, 0.4) is 0 Å². The van der Waals surface area contributed by atoms with Gasteiger partial charge in [0.1, 0.15) is 0 Å². The van der Waals surface area contributed by atoms with Gasteiger partial charge < -0.3 is 10.2 Å². The lowest BCUT2D eigenvalue weighted by molar-refractivity contribution is 0.196. The minimum atomic E-state index is 0.178. The van der Waals surface area contributed by atoms with Crippen molar-refractivity contribution in [3.05, 3.63) is 0 Å². The molecule has 0 atom stereocenters. The third kappa shape index (κ3) is 4.21. The first-order chi connectivity index (χ1) is 8.36. The summed E-state index contributed by atoms with van der Waals surface area (Å²) in [5, 5.41) is 3.14. The van der Waals surface area contributed by atoms with Crippen molar-refractivity contribution in [3.8, 4) is 0 Å². The number of carbonyl (C=O) groups is 1. The zero-order valence-corrected chi connectivity index (χ0v) is 10.9. The van der Waals surface area contributed by atoms with E-state index in [1.54, 1.807) is 0 Å². The Morgan fingerprint density at radius 1 is 0.941 bits per heavy atom. The molecule has 17 heavy (non-hydrogen) atoms. The molecule has 2 amide bonds.